The average Bonchev–Trinajstić information content (AvgIpc) is 3.32. The van der Waals surface area contributed by atoms with Crippen molar-refractivity contribution in [3.8, 4) is 0 Å². The van der Waals surface area contributed by atoms with E-state index in [2.05, 4.69) is 27.4 Å². The number of benzene rings is 3. The Labute approximate surface area is 161 Å². The summed E-state index contributed by atoms with van der Waals surface area (Å²) in [4.78, 5) is 20.5. The first kappa shape index (κ1) is 16.6. The number of H-pyrrole nitrogens is 1. The quantitative estimate of drug-likeness (QED) is 0.474. The molecule has 28 heavy (non-hydrogen) atoms. The van der Waals surface area contributed by atoms with Crippen LogP contribution in [0.4, 0.5) is 0 Å². The van der Waals surface area contributed by atoms with Crippen LogP contribution in [-0.4, -0.2) is 15.9 Å². The SMILES string of the molecule is C[C@H](NC(=O)Cc1coc2ccc3ccccc3c12)c1nc2ccccc2[nH]1. The monoisotopic (exact) mass is 369 g/mol. The molecule has 0 aliphatic heterocycles. The molecule has 0 aliphatic carbocycles. The van der Waals surface area contributed by atoms with E-state index >= 15 is 0 Å². The van der Waals surface area contributed by atoms with Crippen LogP contribution in [0.25, 0.3) is 32.8 Å². The van der Waals surface area contributed by atoms with Crippen molar-refractivity contribution in [2.75, 3.05) is 0 Å². The number of amides is 1. The highest BCUT2D eigenvalue weighted by atomic mass is 16.3. The van der Waals surface area contributed by atoms with Crippen LogP contribution in [0.5, 0.6) is 0 Å². The summed E-state index contributed by atoms with van der Waals surface area (Å²) in [5.41, 5.74) is 3.55. The Morgan fingerprint density at radius 2 is 1.93 bits per heavy atom. The molecular weight excluding hydrogens is 350 g/mol. The minimum absolute atomic E-state index is 0.0661. The number of nitrogens with zero attached hydrogens (tertiary/aromatic N) is 1. The van der Waals surface area contributed by atoms with Crippen molar-refractivity contribution in [1.82, 2.24) is 15.3 Å². The minimum Gasteiger partial charge on any atom is -0.464 e. The van der Waals surface area contributed by atoms with E-state index in [-0.39, 0.29) is 18.4 Å². The summed E-state index contributed by atoms with van der Waals surface area (Å²) in [5, 5.41) is 6.27. The Morgan fingerprint density at radius 3 is 2.82 bits per heavy atom. The first-order valence-electron chi connectivity index (χ1n) is 9.31. The molecular formula is C23H19N3O2. The van der Waals surface area contributed by atoms with Gasteiger partial charge in [-0.15, -0.1) is 0 Å². The molecule has 5 nitrogen and oxygen atoms in total. The fourth-order valence-corrected chi connectivity index (χ4v) is 3.72. The van der Waals surface area contributed by atoms with Crippen LogP contribution >= 0.6 is 0 Å². The van der Waals surface area contributed by atoms with Gasteiger partial charge >= 0.3 is 0 Å². The number of para-hydroxylation sites is 2. The number of nitrogens with one attached hydrogen (secondary N) is 2. The van der Waals surface area contributed by atoms with Gasteiger partial charge in [-0.1, -0.05) is 42.5 Å². The number of aromatic amines is 1. The van der Waals surface area contributed by atoms with Gasteiger partial charge in [0.25, 0.3) is 0 Å². The molecule has 2 N–H and O–H groups in total. The summed E-state index contributed by atoms with van der Waals surface area (Å²) >= 11 is 0. The number of fused-ring (bicyclic) bond motifs is 4. The zero-order valence-corrected chi connectivity index (χ0v) is 15.4. The number of furan rings is 1. The molecule has 3 aromatic carbocycles. The fraction of sp³-hybridized carbons (Fsp3) is 0.130. The summed E-state index contributed by atoms with van der Waals surface area (Å²) in [6.07, 6.45) is 1.94. The number of carbonyl (C=O) groups is 1. The van der Waals surface area contributed by atoms with Crippen LogP contribution in [0.3, 0.4) is 0 Å². The Morgan fingerprint density at radius 1 is 1.11 bits per heavy atom. The molecule has 5 heteroatoms. The van der Waals surface area contributed by atoms with Crippen molar-refractivity contribution in [3.05, 3.63) is 78.3 Å². The molecule has 138 valence electrons. The summed E-state index contributed by atoms with van der Waals surface area (Å²) in [5.74, 6) is 0.681. The van der Waals surface area contributed by atoms with Crippen molar-refractivity contribution in [2.24, 2.45) is 0 Å². The van der Waals surface area contributed by atoms with Gasteiger partial charge in [0, 0.05) is 10.9 Å². The van der Waals surface area contributed by atoms with Crippen molar-refractivity contribution in [2.45, 2.75) is 19.4 Å². The summed E-state index contributed by atoms with van der Waals surface area (Å²) < 4.78 is 5.69. The van der Waals surface area contributed by atoms with Crippen LogP contribution in [-0.2, 0) is 11.2 Å². The highest BCUT2D eigenvalue weighted by Gasteiger charge is 2.17. The zero-order valence-electron chi connectivity index (χ0n) is 15.4. The maximum atomic E-state index is 12.7. The van der Waals surface area contributed by atoms with E-state index in [1.165, 1.54) is 0 Å². The third-order valence-electron chi connectivity index (χ3n) is 5.09. The summed E-state index contributed by atoms with van der Waals surface area (Å²) in [6, 6.07) is 19.8. The molecule has 0 unspecified atom stereocenters. The lowest BCUT2D eigenvalue weighted by Crippen LogP contribution is -2.28. The molecule has 5 aromatic rings. The first-order valence-corrected chi connectivity index (χ1v) is 9.31. The number of hydrogen-bond donors (Lipinski definition) is 2. The maximum absolute atomic E-state index is 12.7. The van der Waals surface area contributed by atoms with Crippen LogP contribution in [0.2, 0.25) is 0 Å². The van der Waals surface area contributed by atoms with E-state index in [0.29, 0.717) is 0 Å². The van der Waals surface area contributed by atoms with Gasteiger partial charge in [0.15, 0.2) is 0 Å². The number of carbonyl (C=O) groups excluding carboxylic acids is 1. The number of hydrogen-bond acceptors (Lipinski definition) is 3. The van der Waals surface area contributed by atoms with Gasteiger partial charge in [-0.05, 0) is 35.9 Å². The van der Waals surface area contributed by atoms with Gasteiger partial charge in [0.05, 0.1) is 29.8 Å². The number of rotatable bonds is 4. The second-order valence-electron chi connectivity index (χ2n) is 7.03. The predicted octanol–water partition coefficient (Wildman–Crippen LogP) is 4.88. The second kappa shape index (κ2) is 6.53. The molecule has 0 saturated heterocycles. The van der Waals surface area contributed by atoms with Gasteiger partial charge in [-0.2, -0.15) is 0 Å². The summed E-state index contributed by atoms with van der Waals surface area (Å²) in [7, 11) is 0. The van der Waals surface area contributed by atoms with E-state index in [0.717, 1.165) is 44.2 Å². The van der Waals surface area contributed by atoms with E-state index in [9.17, 15) is 4.79 Å². The van der Waals surface area contributed by atoms with Crippen LogP contribution < -0.4 is 5.32 Å². The van der Waals surface area contributed by atoms with Gasteiger partial charge in [0.1, 0.15) is 11.4 Å². The zero-order chi connectivity index (χ0) is 19.1. The van der Waals surface area contributed by atoms with Crippen LogP contribution in [0.1, 0.15) is 24.4 Å². The van der Waals surface area contributed by atoms with E-state index in [1.807, 2.05) is 55.5 Å². The van der Waals surface area contributed by atoms with Crippen molar-refractivity contribution >= 4 is 38.7 Å². The molecule has 2 heterocycles. The lowest BCUT2D eigenvalue weighted by atomic mass is 10.0. The third-order valence-corrected chi connectivity index (χ3v) is 5.09. The lowest BCUT2D eigenvalue weighted by molar-refractivity contribution is -0.121. The Balaban J connectivity index is 1.40. The minimum atomic E-state index is -0.213. The average molecular weight is 369 g/mol. The Hall–Kier alpha value is -3.60. The standard InChI is InChI=1S/C23H19N3O2/c1-14(23-25-18-8-4-5-9-19(18)26-23)24-21(27)12-16-13-28-20-11-10-15-6-2-3-7-17(15)22(16)20/h2-11,13-14H,12H2,1H3,(H,24,27)(H,25,26)/t14-/m0/s1. The van der Waals surface area contributed by atoms with Crippen molar-refractivity contribution in [3.63, 3.8) is 0 Å². The summed E-state index contributed by atoms with van der Waals surface area (Å²) in [6.45, 7) is 1.93. The number of imidazole rings is 1. The van der Waals surface area contributed by atoms with E-state index in [4.69, 9.17) is 4.42 Å². The predicted molar refractivity (Wildman–Crippen MR) is 110 cm³/mol. The first-order chi connectivity index (χ1) is 13.7. The molecule has 5 rings (SSSR count). The molecule has 0 spiro atoms. The highest BCUT2D eigenvalue weighted by molar-refractivity contribution is 6.08. The van der Waals surface area contributed by atoms with Gasteiger partial charge in [-0.25, -0.2) is 4.98 Å². The van der Waals surface area contributed by atoms with Crippen molar-refractivity contribution < 1.29 is 9.21 Å². The van der Waals surface area contributed by atoms with Crippen LogP contribution in [0, 0.1) is 0 Å². The molecule has 0 bridgehead atoms. The molecule has 2 aromatic heterocycles. The van der Waals surface area contributed by atoms with E-state index in [1.54, 1.807) is 6.26 Å². The topological polar surface area (TPSA) is 70.9 Å². The van der Waals surface area contributed by atoms with Gasteiger partial charge < -0.3 is 14.7 Å². The molecule has 0 aliphatic rings. The maximum Gasteiger partial charge on any atom is 0.225 e. The van der Waals surface area contributed by atoms with Crippen LogP contribution in [0.15, 0.2) is 71.3 Å². The van der Waals surface area contributed by atoms with Gasteiger partial charge in [-0.3, -0.25) is 4.79 Å². The molecule has 1 amide bonds. The van der Waals surface area contributed by atoms with Gasteiger partial charge in [0.2, 0.25) is 5.91 Å². The molecule has 0 saturated carbocycles. The largest absolute Gasteiger partial charge is 0.464 e. The molecule has 0 radical (unpaired) electrons. The van der Waals surface area contributed by atoms with E-state index < -0.39 is 0 Å². The molecule has 1 atom stereocenters. The molecule has 0 fully saturated rings. The lowest BCUT2D eigenvalue weighted by Gasteiger charge is -2.11. The van der Waals surface area contributed by atoms with Crippen molar-refractivity contribution in [1.29, 1.82) is 0 Å². The Bertz CT molecular complexity index is 1280. The smallest absolute Gasteiger partial charge is 0.225 e. The number of aromatic nitrogens is 2. The third kappa shape index (κ3) is 2.81. The highest BCUT2D eigenvalue weighted by Crippen LogP contribution is 2.30. The second-order valence-corrected chi connectivity index (χ2v) is 7.03. The normalized spacial score (nSPS) is 12.6. The fourth-order valence-electron chi connectivity index (χ4n) is 3.72. The Kier molecular flexibility index (Phi) is 3.86.